The van der Waals surface area contributed by atoms with Crippen LogP contribution in [0.4, 0.5) is 0 Å². The number of amides is 1. The molecular weight excluding hydrogens is 367 g/mol. The summed E-state index contributed by atoms with van der Waals surface area (Å²) in [6.45, 7) is 1.84. The van der Waals surface area contributed by atoms with Crippen LogP contribution in [0.3, 0.4) is 0 Å². The topological polar surface area (TPSA) is 69.2 Å². The number of rotatable bonds is 5. The van der Waals surface area contributed by atoms with Gasteiger partial charge in [0.05, 0.1) is 11.2 Å². The Morgan fingerprint density at radius 1 is 1.24 bits per heavy atom. The van der Waals surface area contributed by atoms with Crippen molar-refractivity contribution in [3.8, 4) is 17.2 Å². The van der Waals surface area contributed by atoms with Crippen molar-refractivity contribution in [2.24, 2.45) is 5.10 Å². The number of carbonyl (C=O) groups is 1. The summed E-state index contributed by atoms with van der Waals surface area (Å²) < 4.78 is 15.9. The van der Waals surface area contributed by atoms with Crippen molar-refractivity contribution in [2.75, 3.05) is 13.4 Å². The molecule has 0 aliphatic carbocycles. The van der Waals surface area contributed by atoms with Crippen LogP contribution in [0.2, 0.25) is 10.0 Å². The third-order valence-corrected chi connectivity index (χ3v) is 4.14. The Labute approximate surface area is 154 Å². The van der Waals surface area contributed by atoms with Gasteiger partial charge < -0.3 is 14.2 Å². The Kier molecular flexibility index (Phi) is 5.31. The Morgan fingerprint density at radius 2 is 2.00 bits per heavy atom. The minimum atomic E-state index is -0.402. The van der Waals surface area contributed by atoms with Gasteiger partial charge in [0.1, 0.15) is 5.75 Å². The monoisotopic (exact) mass is 380 g/mol. The molecule has 0 saturated carbocycles. The van der Waals surface area contributed by atoms with E-state index in [0.29, 0.717) is 32.9 Å². The van der Waals surface area contributed by atoms with Gasteiger partial charge in [-0.05, 0) is 36.8 Å². The van der Waals surface area contributed by atoms with Crippen molar-refractivity contribution < 1.29 is 19.0 Å². The summed E-state index contributed by atoms with van der Waals surface area (Å²) in [6, 6.07) is 8.49. The first-order valence-corrected chi connectivity index (χ1v) is 8.08. The number of hydrogen-bond acceptors (Lipinski definition) is 5. The fraction of sp³-hybridized carbons (Fsp3) is 0.176. The van der Waals surface area contributed by atoms with Crippen molar-refractivity contribution in [3.63, 3.8) is 0 Å². The van der Waals surface area contributed by atoms with E-state index in [9.17, 15) is 4.79 Å². The molecular formula is C17H14Cl2N2O4. The third kappa shape index (κ3) is 4.35. The van der Waals surface area contributed by atoms with E-state index < -0.39 is 5.91 Å². The van der Waals surface area contributed by atoms with Crippen molar-refractivity contribution in [3.05, 3.63) is 51.5 Å². The van der Waals surface area contributed by atoms with Crippen LogP contribution in [-0.2, 0) is 4.79 Å². The minimum absolute atomic E-state index is 0.157. The van der Waals surface area contributed by atoms with Gasteiger partial charge >= 0.3 is 0 Å². The molecule has 0 unspecified atom stereocenters. The maximum Gasteiger partial charge on any atom is 0.277 e. The van der Waals surface area contributed by atoms with Crippen LogP contribution < -0.4 is 19.6 Å². The molecule has 3 rings (SSSR count). The van der Waals surface area contributed by atoms with Gasteiger partial charge in [0.2, 0.25) is 6.79 Å². The summed E-state index contributed by atoms with van der Waals surface area (Å²) in [5, 5.41) is 4.95. The normalized spacial score (nSPS) is 12.4. The van der Waals surface area contributed by atoms with Gasteiger partial charge in [0, 0.05) is 16.7 Å². The molecule has 0 spiro atoms. The Bertz CT molecular complexity index is 840. The molecule has 0 radical (unpaired) electrons. The number of carbonyl (C=O) groups excluding carboxylic acids is 1. The van der Waals surface area contributed by atoms with Crippen molar-refractivity contribution in [1.82, 2.24) is 5.43 Å². The second kappa shape index (κ2) is 7.63. The van der Waals surface area contributed by atoms with Gasteiger partial charge in [0.25, 0.3) is 5.91 Å². The third-order valence-electron chi connectivity index (χ3n) is 3.38. The SMILES string of the molecule is Cc1cc(OCC(=O)NN=Cc2cc3c(cc2Cl)OCO3)ccc1Cl. The summed E-state index contributed by atoms with van der Waals surface area (Å²) in [4.78, 5) is 11.8. The molecule has 8 heteroatoms. The molecule has 0 atom stereocenters. The van der Waals surface area contributed by atoms with Crippen LogP contribution in [0, 0.1) is 6.92 Å². The van der Waals surface area contributed by atoms with E-state index in [1.165, 1.54) is 6.21 Å². The zero-order chi connectivity index (χ0) is 17.8. The van der Waals surface area contributed by atoms with Crippen molar-refractivity contribution >= 4 is 35.3 Å². The lowest BCUT2D eigenvalue weighted by atomic mass is 10.2. The lowest BCUT2D eigenvalue weighted by molar-refractivity contribution is -0.123. The number of fused-ring (bicyclic) bond motifs is 1. The number of hydrazone groups is 1. The van der Waals surface area contributed by atoms with E-state index in [0.717, 1.165) is 5.56 Å². The summed E-state index contributed by atoms with van der Waals surface area (Å²) in [5.41, 5.74) is 3.84. The zero-order valence-electron chi connectivity index (χ0n) is 13.2. The van der Waals surface area contributed by atoms with Crippen LogP contribution in [0.15, 0.2) is 35.4 Å². The molecule has 1 heterocycles. The summed E-state index contributed by atoms with van der Waals surface area (Å²) in [7, 11) is 0. The highest BCUT2D eigenvalue weighted by Crippen LogP contribution is 2.36. The predicted molar refractivity (Wildman–Crippen MR) is 95.0 cm³/mol. The number of hydrogen-bond donors (Lipinski definition) is 1. The largest absolute Gasteiger partial charge is 0.484 e. The molecule has 0 fully saturated rings. The maximum atomic E-state index is 11.8. The molecule has 2 aromatic carbocycles. The number of benzene rings is 2. The van der Waals surface area contributed by atoms with Crippen LogP contribution in [-0.4, -0.2) is 25.5 Å². The second-order valence-corrected chi connectivity index (χ2v) is 6.03. The lowest BCUT2D eigenvalue weighted by Gasteiger charge is -2.06. The summed E-state index contributed by atoms with van der Waals surface area (Å²) in [5.74, 6) is 1.32. The summed E-state index contributed by atoms with van der Waals surface area (Å²) in [6.07, 6.45) is 1.43. The van der Waals surface area contributed by atoms with Gasteiger partial charge in [0.15, 0.2) is 18.1 Å². The molecule has 0 saturated heterocycles. The highest BCUT2D eigenvalue weighted by atomic mass is 35.5. The number of aryl methyl sites for hydroxylation is 1. The molecule has 6 nitrogen and oxygen atoms in total. The second-order valence-electron chi connectivity index (χ2n) is 5.22. The first-order valence-electron chi connectivity index (χ1n) is 7.33. The van der Waals surface area contributed by atoms with E-state index in [-0.39, 0.29) is 13.4 Å². The predicted octanol–water partition coefficient (Wildman–Crippen LogP) is 3.56. The fourth-order valence-corrected chi connectivity index (χ4v) is 2.41. The van der Waals surface area contributed by atoms with Gasteiger partial charge in [-0.2, -0.15) is 5.10 Å². The quantitative estimate of drug-likeness (QED) is 0.635. The minimum Gasteiger partial charge on any atom is -0.484 e. The highest BCUT2D eigenvalue weighted by Gasteiger charge is 2.15. The van der Waals surface area contributed by atoms with Crippen LogP contribution in [0.5, 0.6) is 17.2 Å². The maximum absolute atomic E-state index is 11.8. The lowest BCUT2D eigenvalue weighted by Crippen LogP contribution is -2.24. The molecule has 1 N–H and O–H groups in total. The van der Waals surface area contributed by atoms with Crippen LogP contribution in [0.25, 0.3) is 0 Å². The van der Waals surface area contributed by atoms with Crippen LogP contribution >= 0.6 is 23.2 Å². The highest BCUT2D eigenvalue weighted by molar-refractivity contribution is 6.33. The van der Waals surface area contributed by atoms with E-state index in [1.54, 1.807) is 30.3 Å². The molecule has 1 aliphatic heterocycles. The van der Waals surface area contributed by atoms with Crippen LogP contribution in [0.1, 0.15) is 11.1 Å². The Morgan fingerprint density at radius 3 is 2.76 bits per heavy atom. The van der Waals surface area contributed by atoms with Crippen molar-refractivity contribution in [1.29, 1.82) is 0 Å². The van der Waals surface area contributed by atoms with Crippen molar-refractivity contribution in [2.45, 2.75) is 6.92 Å². The first-order chi connectivity index (χ1) is 12.0. The zero-order valence-corrected chi connectivity index (χ0v) is 14.7. The molecule has 130 valence electrons. The standard InChI is InChI=1S/C17H14Cl2N2O4/c1-10-4-12(2-3-13(10)18)23-8-17(22)21-20-7-11-5-15-16(6-14(11)19)25-9-24-15/h2-7H,8-9H2,1H3,(H,21,22). The van der Waals surface area contributed by atoms with Gasteiger partial charge in [-0.1, -0.05) is 23.2 Å². The van der Waals surface area contributed by atoms with E-state index in [1.807, 2.05) is 6.92 Å². The number of nitrogens with zero attached hydrogens (tertiary/aromatic N) is 1. The van der Waals surface area contributed by atoms with E-state index in [4.69, 9.17) is 37.4 Å². The first kappa shape index (κ1) is 17.4. The van der Waals surface area contributed by atoms with Gasteiger partial charge in [-0.3, -0.25) is 4.79 Å². The Balaban J connectivity index is 1.53. The molecule has 1 aliphatic rings. The number of nitrogens with one attached hydrogen (secondary N) is 1. The fourth-order valence-electron chi connectivity index (χ4n) is 2.09. The Hall–Kier alpha value is -2.44. The smallest absolute Gasteiger partial charge is 0.277 e. The number of ether oxygens (including phenoxy) is 3. The average Bonchev–Trinajstić information content (AvgIpc) is 3.03. The molecule has 25 heavy (non-hydrogen) atoms. The summed E-state index contributed by atoms with van der Waals surface area (Å²) >= 11 is 12.1. The van der Waals surface area contributed by atoms with E-state index in [2.05, 4.69) is 10.5 Å². The average molecular weight is 381 g/mol. The van der Waals surface area contributed by atoms with Gasteiger partial charge in [-0.25, -0.2) is 5.43 Å². The number of halogens is 2. The molecule has 1 amide bonds. The van der Waals surface area contributed by atoms with E-state index >= 15 is 0 Å². The van der Waals surface area contributed by atoms with Gasteiger partial charge in [-0.15, -0.1) is 0 Å². The molecule has 2 aromatic rings. The molecule has 0 aromatic heterocycles. The molecule has 0 bridgehead atoms.